The third-order valence-electron chi connectivity index (χ3n) is 2.46. The molecule has 0 saturated heterocycles. The molecule has 1 fully saturated rings. The molecule has 80 valence electrons. The number of carbonyl (C=O) groups excluding carboxylic acids is 1. The Balaban J connectivity index is 2.10. The summed E-state index contributed by atoms with van der Waals surface area (Å²) in [5, 5.41) is -0.259. The lowest BCUT2D eigenvalue weighted by Gasteiger charge is -2.01. The van der Waals surface area contributed by atoms with Gasteiger partial charge in [0.05, 0.1) is 5.25 Å². The van der Waals surface area contributed by atoms with Crippen LogP contribution >= 0.6 is 0 Å². The second-order valence-electron chi connectivity index (χ2n) is 3.80. The standard InChI is InChI=1S/C11H12O3S/c12-11(9-4-2-1-3-5-9)8-15(13,14)10-6-7-10/h1-5,10H,6-8H2. The van der Waals surface area contributed by atoms with Crippen LogP contribution in [-0.4, -0.2) is 25.2 Å². The summed E-state index contributed by atoms with van der Waals surface area (Å²) in [6.07, 6.45) is 1.43. The molecule has 15 heavy (non-hydrogen) atoms. The van der Waals surface area contributed by atoms with Gasteiger partial charge in [0.25, 0.3) is 0 Å². The van der Waals surface area contributed by atoms with Crippen molar-refractivity contribution in [1.82, 2.24) is 0 Å². The summed E-state index contributed by atoms with van der Waals surface area (Å²) in [5.74, 6) is -0.649. The second-order valence-corrected chi connectivity index (χ2v) is 6.08. The zero-order chi connectivity index (χ0) is 10.9. The van der Waals surface area contributed by atoms with Crippen LogP contribution in [0.1, 0.15) is 23.2 Å². The van der Waals surface area contributed by atoms with Crippen LogP contribution < -0.4 is 0 Å². The molecular formula is C11H12O3S. The molecule has 2 rings (SSSR count). The maximum absolute atomic E-state index is 11.6. The monoisotopic (exact) mass is 224 g/mol. The lowest BCUT2D eigenvalue weighted by Crippen LogP contribution is -2.19. The summed E-state index contributed by atoms with van der Waals surface area (Å²) in [6, 6.07) is 8.55. The van der Waals surface area contributed by atoms with Gasteiger partial charge >= 0.3 is 0 Å². The number of sulfone groups is 1. The summed E-state index contributed by atoms with van der Waals surface area (Å²) < 4.78 is 23.1. The number of hydrogen-bond acceptors (Lipinski definition) is 3. The van der Waals surface area contributed by atoms with Gasteiger partial charge in [-0.3, -0.25) is 4.79 Å². The molecule has 1 aromatic rings. The van der Waals surface area contributed by atoms with E-state index in [0.29, 0.717) is 18.4 Å². The predicted octanol–water partition coefficient (Wildman–Crippen LogP) is 1.45. The van der Waals surface area contributed by atoms with E-state index in [0.717, 1.165) is 0 Å². The summed E-state index contributed by atoms with van der Waals surface area (Å²) in [4.78, 5) is 11.6. The molecule has 4 heteroatoms. The highest BCUT2D eigenvalue weighted by Crippen LogP contribution is 2.29. The molecule has 0 spiro atoms. The van der Waals surface area contributed by atoms with Crippen LogP contribution in [0.5, 0.6) is 0 Å². The third-order valence-corrected chi connectivity index (χ3v) is 4.61. The average Bonchev–Trinajstić information content (AvgIpc) is 3.01. The van der Waals surface area contributed by atoms with Gasteiger partial charge in [-0.2, -0.15) is 0 Å². The fraction of sp³-hybridized carbons (Fsp3) is 0.364. The smallest absolute Gasteiger partial charge is 0.177 e. The highest BCUT2D eigenvalue weighted by molar-refractivity contribution is 7.93. The van der Waals surface area contributed by atoms with E-state index in [9.17, 15) is 13.2 Å². The fourth-order valence-electron chi connectivity index (χ4n) is 1.44. The number of Topliss-reactive ketones (excluding diaryl/α,β-unsaturated/α-hetero) is 1. The van der Waals surface area contributed by atoms with E-state index in [1.807, 2.05) is 0 Å². The second kappa shape index (κ2) is 3.77. The van der Waals surface area contributed by atoms with Crippen molar-refractivity contribution in [2.45, 2.75) is 18.1 Å². The number of hydrogen-bond donors (Lipinski definition) is 0. The quantitative estimate of drug-likeness (QED) is 0.727. The molecule has 1 aliphatic rings. The highest BCUT2D eigenvalue weighted by Gasteiger charge is 2.36. The third kappa shape index (κ3) is 2.45. The van der Waals surface area contributed by atoms with Crippen LogP contribution in [0.25, 0.3) is 0 Å². The zero-order valence-electron chi connectivity index (χ0n) is 8.22. The van der Waals surface area contributed by atoms with E-state index in [1.54, 1.807) is 30.3 Å². The molecule has 1 aliphatic carbocycles. The maximum atomic E-state index is 11.6. The van der Waals surface area contributed by atoms with E-state index in [2.05, 4.69) is 0 Å². The molecule has 1 saturated carbocycles. The topological polar surface area (TPSA) is 51.2 Å². The maximum Gasteiger partial charge on any atom is 0.177 e. The van der Waals surface area contributed by atoms with E-state index >= 15 is 0 Å². The largest absolute Gasteiger partial charge is 0.293 e. The van der Waals surface area contributed by atoms with Crippen molar-refractivity contribution in [2.24, 2.45) is 0 Å². The van der Waals surface area contributed by atoms with Crippen LogP contribution in [0.3, 0.4) is 0 Å². The van der Waals surface area contributed by atoms with Gasteiger partial charge in [-0.05, 0) is 12.8 Å². The Morgan fingerprint density at radius 2 is 1.80 bits per heavy atom. The highest BCUT2D eigenvalue weighted by atomic mass is 32.2. The summed E-state index contributed by atoms with van der Waals surface area (Å²) in [7, 11) is -3.18. The molecule has 0 bridgehead atoms. The van der Waals surface area contributed by atoms with Gasteiger partial charge in [0.1, 0.15) is 5.75 Å². The van der Waals surface area contributed by atoms with Crippen molar-refractivity contribution in [3.8, 4) is 0 Å². The van der Waals surface area contributed by atoms with Crippen molar-refractivity contribution < 1.29 is 13.2 Å². The van der Waals surface area contributed by atoms with Crippen molar-refractivity contribution in [2.75, 3.05) is 5.75 Å². The molecule has 0 atom stereocenters. The Morgan fingerprint density at radius 3 is 2.33 bits per heavy atom. The first-order valence-electron chi connectivity index (χ1n) is 4.89. The van der Waals surface area contributed by atoms with Crippen molar-refractivity contribution >= 4 is 15.6 Å². The van der Waals surface area contributed by atoms with Crippen molar-refractivity contribution in [3.05, 3.63) is 35.9 Å². The lowest BCUT2D eigenvalue weighted by atomic mass is 10.2. The Bertz CT molecular complexity index is 458. The molecule has 0 aliphatic heterocycles. The van der Waals surface area contributed by atoms with Gasteiger partial charge in [0.15, 0.2) is 15.6 Å². The van der Waals surface area contributed by atoms with Crippen LogP contribution in [0.15, 0.2) is 30.3 Å². The Morgan fingerprint density at radius 1 is 1.20 bits per heavy atom. The van der Waals surface area contributed by atoms with Crippen LogP contribution in [0.4, 0.5) is 0 Å². The molecule has 3 nitrogen and oxygen atoms in total. The van der Waals surface area contributed by atoms with Gasteiger partial charge in [-0.25, -0.2) is 8.42 Å². The lowest BCUT2D eigenvalue weighted by molar-refractivity contribution is 0.102. The zero-order valence-corrected chi connectivity index (χ0v) is 9.03. The fourth-order valence-corrected chi connectivity index (χ4v) is 3.06. The first-order chi connectivity index (χ1) is 7.09. The first-order valence-corrected chi connectivity index (χ1v) is 6.61. The van der Waals surface area contributed by atoms with E-state index in [4.69, 9.17) is 0 Å². The number of benzene rings is 1. The van der Waals surface area contributed by atoms with Crippen LogP contribution in [0, 0.1) is 0 Å². The SMILES string of the molecule is O=C(CS(=O)(=O)C1CC1)c1ccccc1. The minimum atomic E-state index is -3.18. The minimum Gasteiger partial charge on any atom is -0.293 e. The summed E-state index contributed by atoms with van der Waals surface area (Å²) in [5.41, 5.74) is 0.474. The number of ketones is 1. The van der Waals surface area contributed by atoms with Crippen LogP contribution in [-0.2, 0) is 9.84 Å². The molecular weight excluding hydrogens is 212 g/mol. The van der Waals surface area contributed by atoms with E-state index in [1.165, 1.54) is 0 Å². The minimum absolute atomic E-state index is 0.259. The molecule has 0 N–H and O–H groups in total. The average molecular weight is 224 g/mol. The van der Waals surface area contributed by atoms with E-state index < -0.39 is 9.84 Å². The van der Waals surface area contributed by atoms with Crippen molar-refractivity contribution in [3.63, 3.8) is 0 Å². The van der Waals surface area contributed by atoms with Crippen molar-refractivity contribution in [1.29, 1.82) is 0 Å². The van der Waals surface area contributed by atoms with Gasteiger partial charge < -0.3 is 0 Å². The first kappa shape index (κ1) is 10.4. The summed E-state index contributed by atoms with van der Waals surface area (Å²) in [6.45, 7) is 0. The summed E-state index contributed by atoms with van der Waals surface area (Å²) >= 11 is 0. The normalized spacial score (nSPS) is 16.3. The van der Waals surface area contributed by atoms with Crippen LogP contribution in [0.2, 0.25) is 0 Å². The molecule has 0 unspecified atom stereocenters. The molecule has 0 amide bonds. The Labute approximate surface area is 89.0 Å². The molecule has 0 radical (unpaired) electrons. The molecule has 0 aromatic heterocycles. The van der Waals surface area contributed by atoms with Gasteiger partial charge in [-0.15, -0.1) is 0 Å². The van der Waals surface area contributed by atoms with Gasteiger partial charge in [0.2, 0.25) is 0 Å². The molecule has 1 aromatic carbocycles. The van der Waals surface area contributed by atoms with Gasteiger partial charge in [-0.1, -0.05) is 30.3 Å². The number of rotatable bonds is 4. The Kier molecular flexibility index (Phi) is 2.61. The number of carbonyl (C=O) groups is 1. The van der Waals surface area contributed by atoms with E-state index in [-0.39, 0.29) is 16.8 Å². The Hall–Kier alpha value is -1.16. The molecule has 0 heterocycles. The predicted molar refractivity (Wildman–Crippen MR) is 57.6 cm³/mol. The van der Waals surface area contributed by atoms with Gasteiger partial charge in [0, 0.05) is 5.56 Å².